The first kappa shape index (κ1) is 15.0. The maximum absolute atomic E-state index is 5.88. The van der Waals surface area contributed by atoms with Crippen molar-refractivity contribution in [2.45, 2.75) is 32.7 Å². The minimum absolute atomic E-state index is 0.00225. The molecule has 0 radical (unpaired) electrons. The van der Waals surface area contributed by atoms with Gasteiger partial charge in [0.25, 0.3) is 0 Å². The van der Waals surface area contributed by atoms with Crippen molar-refractivity contribution in [3.05, 3.63) is 29.3 Å². The molecule has 1 rings (SSSR count). The smallest absolute Gasteiger partial charge is 0.122 e. The van der Waals surface area contributed by atoms with Crippen molar-refractivity contribution in [1.29, 1.82) is 0 Å². The zero-order valence-electron chi connectivity index (χ0n) is 12.3. The van der Waals surface area contributed by atoms with Gasteiger partial charge in [-0.15, -0.1) is 0 Å². The molecule has 0 saturated carbocycles. The average Bonchev–Trinajstić information content (AvgIpc) is 2.33. The van der Waals surface area contributed by atoms with Crippen molar-refractivity contribution in [3.63, 3.8) is 0 Å². The van der Waals surface area contributed by atoms with Gasteiger partial charge in [0.2, 0.25) is 0 Å². The molecule has 1 aromatic rings. The minimum Gasteiger partial charge on any atom is -0.493 e. The fourth-order valence-corrected chi connectivity index (χ4v) is 1.75. The van der Waals surface area contributed by atoms with E-state index in [4.69, 9.17) is 10.5 Å². The van der Waals surface area contributed by atoms with Crippen molar-refractivity contribution in [3.8, 4) is 5.75 Å². The summed E-state index contributed by atoms with van der Waals surface area (Å²) >= 11 is 0. The van der Waals surface area contributed by atoms with Crippen LogP contribution in [0.25, 0.3) is 0 Å². The molecule has 0 amide bonds. The van der Waals surface area contributed by atoms with E-state index in [1.807, 2.05) is 0 Å². The normalized spacial score (nSPS) is 14.6. The summed E-state index contributed by atoms with van der Waals surface area (Å²) in [6.07, 6.45) is 0.921. The Hall–Kier alpha value is -1.06. The number of rotatable bonds is 6. The van der Waals surface area contributed by atoms with Crippen molar-refractivity contribution >= 4 is 0 Å². The molecule has 0 bridgehead atoms. The highest BCUT2D eigenvalue weighted by Crippen LogP contribution is 2.21. The fourth-order valence-electron chi connectivity index (χ4n) is 1.75. The van der Waals surface area contributed by atoms with E-state index in [1.54, 1.807) is 0 Å². The van der Waals surface area contributed by atoms with Gasteiger partial charge < -0.3 is 15.4 Å². The van der Waals surface area contributed by atoms with Gasteiger partial charge in [-0.3, -0.25) is 0 Å². The molecule has 0 aliphatic rings. The summed E-state index contributed by atoms with van der Waals surface area (Å²) in [5, 5.41) is 0. The van der Waals surface area contributed by atoms with Crippen molar-refractivity contribution in [2.24, 2.45) is 5.73 Å². The lowest BCUT2D eigenvalue weighted by Crippen LogP contribution is -2.48. The maximum Gasteiger partial charge on any atom is 0.122 e. The third-order valence-corrected chi connectivity index (χ3v) is 3.76. The molecule has 1 atom stereocenters. The van der Waals surface area contributed by atoms with Crippen LogP contribution in [-0.2, 0) is 0 Å². The first-order valence-corrected chi connectivity index (χ1v) is 6.46. The summed E-state index contributed by atoms with van der Waals surface area (Å²) in [5.74, 6) is 0.980. The van der Waals surface area contributed by atoms with Gasteiger partial charge in [-0.25, -0.2) is 0 Å². The summed E-state index contributed by atoms with van der Waals surface area (Å²) in [7, 11) is 4.12. The van der Waals surface area contributed by atoms with Gasteiger partial charge in [-0.1, -0.05) is 12.1 Å². The quantitative estimate of drug-likeness (QED) is 0.842. The Balaban J connectivity index is 2.58. The molecule has 0 aliphatic heterocycles. The second-order valence-corrected chi connectivity index (χ2v) is 5.46. The molecule has 0 saturated heterocycles. The second kappa shape index (κ2) is 6.21. The largest absolute Gasteiger partial charge is 0.493 e. The summed E-state index contributed by atoms with van der Waals surface area (Å²) in [5.41, 5.74) is 8.25. The van der Waals surface area contributed by atoms with Crippen LogP contribution in [0.3, 0.4) is 0 Å². The Morgan fingerprint density at radius 2 is 1.94 bits per heavy atom. The topological polar surface area (TPSA) is 38.5 Å². The Kier molecular flexibility index (Phi) is 5.17. The number of likely N-dealkylation sites (N-methyl/N-ethyl adjacent to an activating group) is 1. The number of ether oxygens (including phenoxy) is 1. The van der Waals surface area contributed by atoms with Crippen LogP contribution in [-0.4, -0.2) is 37.7 Å². The number of benzene rings is 1. The number of hydrogen-bond donors (Lipinski definition) is 1. The average molecular weight is 250 g/mol. The van der Waals surface area contributed by atoms with Crippen LogP contribution >= 0.6 is 0 Å². The van der Waals surface area contributed by atoms with Crippen LogP contribution in [0.1, 0.15) is 24.5 Å². The molecule has 0 fully saturated rings. The van der Waals surface area contributed by atoms with Gasteiger partial charge in [0.05, 0.1) is 6.61 Å². The number of nitrogens with two attached hydrogens (primary N) is 1. The summed E-state index contributed by atoms with van der Waals surface area (Å²) < 4.78 is 5.88. The number of hydrogen-bond acceptors (Lipinski definition) is 3. The Labute approximate surface area is 111 Å². The lowest BCUT2D eigenvalue weighted by molar-refractivity contribution is 0.139. The van der Waals surface area contributed by atoms with Gasteiger partial charge in [0, 0.05) is 18.5 Å². The predicted octanol–water partition coefficient (Wildman–Crippen LogP) is 2.35. The van der Waals surface area contributed by atoms with E-state index in [9.17, 15) is 0 Å². The first-order valence-electron chi connectivity index (χ1n) is 6.46. The van der Waals surface area contributed by atoms with Gasteiger partial charge >= 0.3 is 0 Å². The molecular formula is C15H26N2O. The molecular weight excluding hydrogens is 224 g/mol. The van der Waals surface area contributed by atoms with Crippen molar-refractivity contribution in [1.82, 2.24) is 4.90 Å². The fraction of sp³-hybridized carbons (Fsp3) is 0.600. The monoisotopic (exact) mass is 250 g/mol. The molecule has 1 unspecified atom stereocenters. The van der Waals surface area contributed by atoms with E-state index >= 15 is 0 Å². The molecule has 0 aliphatic carbocycles. The van der Waals surface area contributed by atoms with Crippen LogP contribution in [0, 0.1) is 13.8 Å². The zero-order chi connectivity index (χ0) is 13.8. The number of aryl methyl sites for hydroxylation is 2. The molecule has 2 N–H and O–H groups in total. The molecule has 0 heterocycles. The van der Waals surface area contributed by atoms with Crippen LogP contribution < -0.4 is 10.5 Å². The third kappa shape index (κ3) is 3.72. The summed E-state index contributed by atoms with van der Waals surface area (Å²) in [4.78, 5) is 2.17. The van der Waals surface area contributed by atoms with E-state index in [1.165, 1.54) is 11.1 Å². The van der Waals surface area contributed by atoms with E-state index < -0.39 is 0 Å². The molecule has 18 heavy (non-hydrogen) atoms. The van der Waals surface area contributed by atoms with E-state index in [0.717, 1.165) is 12.2 Å². The highest BCUT2D eigenvalue weighted by molar-refractivity contribution is 5.35. The predicted molar refractivity (Wildman–Crippen MR) is 77.2 cm³/mol. The Bertz CT molecular complexity index is 390. The van der Waals surface area contributed by atoms with E-state index in [0.29, 0.717) is 13.2 Å². The van der Waals surface area contributed by atoms with Crippen molar-refractivity contribution < 1.29 is 4.74 Å². The Morgan fingerprint density at radius 1 is 1.28 bits per heavy atom. The molecule has 102 valence electrons. The van der Waals surface area contributed by atoms with Crippen LogP contribution in [0.5, 0.6) is 5.75 Å². The Morgan fingerprint density at radius 3 is 2.50 bits per heavy atom. The lowest BCUT2D eigenvalue weighted by atomic mass is 9.97. The molecule has 3 heteroatoms. The van der Waals surface area contributed by atoms with E-state index in [-0.39, 0.29) is 5.54 Å². The van der Waals surface area contributed by atoms with Gasteiger partial charge in [-0.05, 0) is 52.1 Å². The second-order valence-electron chi connectivity index (χ2n) is 5.46. The SMILES string of the molecule is Cc1ccc(C)c(OCCC(C)(CN)N(C)C)c1. The van der Waals surface area contributed by atoms with E-state index in [2.05, 4.69) is 58.0 Å². The lowest BCUT2D eigenvalue weighted by Gasteiger charge is -2.35. The maximum atomic E-state index is 5.88. The van der Waals surface area contributed by atoms with Gasteiger partial charge in [-0.2, -0.15) is 0 Å². The highest BCUT2D eigenvalue weighted by Gasteiger charge is 2.24. The van der Waals surface area contributed by atoms with Crippen LogP contribution in [0.15, 0.2) is 18.2 Å². The van der Waals surface area contributed by atoms with Gasteiger partial charge in [0.1, 0.15) is 5.75 Å². The highest BCUT2D eigenvalue weighted by atomic mass is 16.5. The zero-order valence-corrected chi connectivity index (χ0v) is 12.3. The third-order valence-electron chi connectivity index (χ3n) is 3.76. The minimum atomic E-state index is -0.00225. The van der Waals surface area contributed by atoms with Gasteiger partial charge in [0.15, 0.2) is 0 Å². The van der Waals surface area contributed by atoms with Crippen LogP contribution in [0.2, 0.25) is 0 Å². The summed E-state index contributed by atoms with van der Waals surface area (Å²) in [6, 6.07) is 6.29. The van der Waals surface area contributed by atoms with Crippen molar-refractivity contribution in [2.75, 3.05) is 27.2 Å². The first-order chi connectivity index (χ1) is 8.39. The van der Waals surface area contributed by atoms with Crippen LogP contribution in [0.4, 0.5) is 0 Å². The molecule has 3 nitrogen and oxygen atoms in total. The number of nitrogens with zero attached hydrogens (tertiary/aromatic N) is 1. The summed E-state index contributed by atoms with van der Waals surface area (Å²) in [6.45, 7) is 7.64. The standard InChI is InChI=1S/C15H26N2O/c1-12-6-7-13(2)14(10-12)18-9-8-15(3,11-16)17(4)5/h6-7,10H,8-9,11,16H2,1-5H3. The molecule has 1 aromatic carbocycles. The molecule has 0 aromatic heterocycles. The molecule has 0 spiro atoms.